The van der Waals surface area contributed by atoms with Crippen LogP contribution < -0.4 is 4.74 Å². The largest absolute Gasteiger partial charge is 0.484 e. The summed E-state index contributed by atoms with van der Waals surface area (Å²) in [5.74, 6) is 0.194. The smallest absolute Gasteiger partial charge is 0.422 e. The Kier molecular flexibility index (Phi) is 3.50. The highest BCUT2D eigenvalue weighted by Crippen LogP contribution is 2.23. The fourth-order valence-corrected chi connectivity index (χ4v) is 1.44. The van der Waals surface area contributed by atoms with Crippen molar-refractivity contribution in [3.05, 3.63) is 48.8 Å². The van der Waals surface area contributed by atoms with Gasteiger partial charge in [0.1, 0.15) is 5.75 Å². The second kappa shape index (κ2) is 5.08. The third kappa shape index (κ3) is 3.48. The fraction of sp³-hybridized carbons (Fsp3) is 0.154. The Balaban J connectivity index is 2.07. The van der Waals surface area contributed by atoms with Gasteiger partial charge in [0.05, 0.1) is 0 Å². The Morgan fingerprint density at radius 1 is 1.00 bits per heavy atom. The first-order valence-corrected chi connectivity index (χ1v) is 5.25. The molecule has 94 valence electrons. The second-order valence-electron chi connectivity index (χ2n) is 3.67. The van der Waals surface area contributed by atoms with Crippen molar-refractivity contribution in [1.82, 2.24) is 4.98 Å². The lowest BCUT2D eigenvalue weighted by Crippen LogP contribution is -2.19. The summed E-state index contributed by atoms with van der Waals surface area (Å²) in [6.07, 6.45) is -0.974. The number of hydrogen-bond donors (Lipinski definition) is 0. The molecule has 0 amide bonds. The van der Waals surface area contributed by atoms with Crippen molar-refractivity contribution in [3.8, 4) is 16.9 Å². The first-order chi connectivity index (χ1) is 8.54. The molecule has 0 unspecified atom stereocenters. The molecule has 0 aliphatic heterocycles. The van der Waals surface area contributed by atoms with Gasteiger partial charge in [-0.25, -0.2) is 0 Å². The summed E-state index contributed by atoms with van der Waals surface area (Å²) in [5, 5.41) is 0. The van der Waals surface area contributed by atoms with E-state index in [4.69, 9.17) is 0 Å². The molecule has 1 heterocycles. The van der Waals surface area contributed by atoms with Crippen molar-refractivity contribution in [2.45, 2.75) is 6.18 Å². The van der Waals surface area contributed by atoms with Crippen LogP contribution >= 0.6 is 0 Å². The van der Waals surface area contributed by atoms with Crippen molar-refractivity contribution < 1.29 is 17.9 Å². The predicted octanol–water partition coefficient (Wildman–Crippen LogP) is 3.69. The maximum Gasteiger partial charge on any atom is 0.422 e. The van der Waals surface area contributed by atoms with E-state index < -0.39 is 12.8 Å². The second-order valence-corrected chi connectivity index (χ2v) is 3.67. The standard InChI is InChI=1S/C13H10F3NO/c14-13(15,16)9-18-12-5-3-10(4-6-12)11-2-1-7-17-8-11/h1-8H,9H2. The molecule has 0 radical (unpaired) electrons. The van der Waals surface area contributed by atoms with Gasteiger partial charge in [-0.1, -0.05) is 18.2 Å². The van der Waals surface area contributed by atoms with E-state index in [-0.39, 0.29) is 5.75 Å². The van der Waals surface area contributed by atoms with Crippen molar-refractivity contribution in [1.29, 1.82) is 0 Å². The van der Waals surface area contributed by atoms with Crippen LogP contribution in [-0.4, -0.2) is 17.8 Å². The minimum atomic E-state index is -4.32. The number of rotatable bonds is 3. The molecule has 0 bridgehead atoms. The molecule has 1 aromatic heterocycles. The quantitative estimate of drug-likeness (QED) is 0.832. The van der Waals surface area contributed by atoms with Crippen molar-refractivity contribution in [2.75, 3.05) is 6.61 Å². The van der Waals surface area contributed by atoms with E-state index in [1.54, 1.807) is 30.6 Å². The van der Waals surface area contributed by atoms with E-state index in [1.165, 1.54) is 12.1 Å². The summed E-state index contributed by atoms with van der Waals surface area (Å²) in [5.41, 5.74) is 1.78. The predicted molar refractivity (Wildman–Crippen MR) is 61.2 cm³/mol. The van der Waals surface area contributed by atoms with Gasteiger partial charge in [-0.2, -0.15) is 13.2 Å². The van der Waals surface area contributed by atoms with E-state index in [9.17, 15) is 13.2 Å². The zero-order valence-electron chi connectivity index (χ0n) is 9.32. The zero-order valence-corrected chi connectivity index (χ0v) is 9.32. The Morgan fingerprint density at radius 2 is 1.72 bits per heavy atom. The summed E-state index contributed by atoms with van der Waals surface area (Å²) in [6.45, 7) is -1.28. The number of pyridine rings is 1. The highest BCUT2D eigenvalue weighted by Gasteiger charge is 2.28. The third-order valence-electron chi connectivity index (χ3n) is 2.25. The topological polar surface area (TPSA) is 22.1 Å². The molecule has 0 N–H and O–H groups in total. The molecule has 18 heavy (non-hydrogen) atoms. The lowest BCUT2D eigenvalue weighted by molar-refractivity contribution is -0.153. The van der Waals surface area contributed by atoms with Gasteiger partial charge in [0.25, 0.3) is 0 Å². The molecular formula is C13H10F3NO. The number of hydrogen-bond acceptors (Lipinski definition) is 2. The normalized spacial score (nSPS) is 11.3. The summed E-state index contributed by atoms with van der Waals surface area (Å²) < 4.78 is 40.5. The van der Waals surface area contributed by atoms with Crippen LogP contribution in [0.25, 0.3) is 11.1 Å². The molecule has 0 spiro atoms. The van der Waals surface area contributed by atoms with E-state index in [0.29, 0.717) is 0 Å². The number of aromatic nitrogens is 1. The van der Waals surface area contributed by atoms with Crippen LogP contribution in [0.1, 0.15) is 0 Å². The van der Waals surface area contributed by atoms with E-state index in [2.05, 4.69) is 9.72 Å². The number of benzene rings is 1. The van der Waals surface area contributed by atoms with Crippen LogP contribution in [0.3, 0.4) is 0 Å². The highest BCUT2D eigenvalue weighted by atomic mass is 19.4. The molecule has 2 nitrogen and oxygen atoms in total. The average molecular weight is 253 g/mol. The van der Waals surface area contributed by atoms with E-state index >= 15 is 0 Å². The average Bonchev–Trinajstić information content (AvgIpc) is 2.37. The third-order valence-corrected chi connectivity index (χ3v) is 2.25. The van der Waals surface area contributed by atoms with Crippen LogP contribution in [0, 0.1) is 0 Å². The Hall–Kier alpha value is -2.04. The van der Waals surface area contributed by atoms with Crippen LogP contribution in [0.15, 0.2) is 48.8 Å². The minimum Gasteiger partial charge on any atom is -0.484 e. The molecule has 0 saturated carbocycles. The minimum absolute atomic E-state index is 0.194. The van der Waals surface area contributed by atoms with Gasteiger partial charge in [-0.15, -0.1) is 0 Å². The first kappa shape index (κ1) is 12.4. The summed E-state index contributed by atoms with van der Waals surface area (Å²) in [7, 11) is 0. The Labute approximate surface area is 102 Å². The molecule has 0 fully saturated rings. The fourth-order valence-electron chi connectivity index (χ4n) is 1.44. The van der Waals surface area contributed by atoms with E-state index in [0.717, 1.165) is 11.1 Å². The Morgan fingerprint density at radius 3 is 2.28 bits per heavy atom. The maximum atomic E-state index is 12.0. The molecule has 2 aromatic rings. The van der Waals surface area contributed by atoms with Gasteiger partial charge in [-0.3, -0.25) is 4.98 Å². The lowest BCUT2D eigenvalue weighted by Gasteiger charge is -2.09. The van der Waals surface area contributed by atoms with Crippen molar-refractivity contribution >= 4 is 0 Å². The van der Waals surface area contributed by atoms with Gasteiger partial charge in [0.2, 0.25) is 0 Å². The van der Waals surface area contributed by atoms with Crippen LogP contribution in [0.4, 0.5) is 13.2 Å². The van der Waals surface area contributed by atoms with Gasteiger partial charge >= 0.3 is 6.18 Å². The van der Waals surface area contributed by atoms with Gasteiger partial charge < -0.3 is 4.74 Å². The van der Waals surface area contributed by atoms with Crippen LogP contribution in [-0.2, 0) is 0 Å². The molecule has 0 aliphatic rings. The zero-order chi connectivity index (χ0) is 13.0. The van der Waals surface area contributed by atoms with Gasteiger partial charge in [0.15, 0.2) is 6.61 Å². The molecule has 1 aromatic carbocycles. The summed E-state index contributed by atoms with van der Waals surface area (Å²) >= 11 is 0. The highest BCUT2D eigenvalue weighted by molar-refractivity contribution is 5.62. The van der Waals surface area contributed by atoms with E-state index in [1.807, 2.05) is 6.07 Å². The SMILES string of the molecule is FC(F)(F)COc1ccc(-c2cccnc2)cc1. The summed E-state index contributed by atoms with van der Waals surface area (Å²) in [6, 6.07) is 10.1. The number of nitrogens with zero attached hydrogens (tertiary/aromatic N) is 1. The number of ether oxygens (including phenoxy) is 1. The van der Waals surface area contributed by atoms with Crippen LogP contribution in [0.5, 0.6) is 5.75 Å². The van der Waals surface area contributed by atoms with Crippen LogP contribution in [0.2, 0.25) is 0 Å². The molecule has 0 aliphatic carbocycles. The first-order valence-electron chi connectivity index (χ1n) is 5.25. The molecule has 0 atom stereocenters. The number of alkyl halides is 3. The monoisotopic (exact) mass is 253 g/mol. The molecule has 2 rings (SSSR count). The molecular weight excluding hydrogens is 243 g/mol. The van der Waals surface area contributed by atoms with Gasteiger partial charge in [-0.05, 0) is 29.3 Å². The number of halogens is 3. The summed E-state index contributed by atoms with van der Waals surface area (Å²) in [4.78, 5) is 3.97. The van der Waals surface area contributed by atoms with Crippen molar-refractivity contribution in [2.24, 2.45) is 0 Å². The Bertz CT molecular complexity index is 494. The lowest BCUT2D eigenvalue weighted by atomic mass is 10.1. The molecule has 5 heteroatoms. The molecule has 0 saturated heterocycles. The van der Waals surface area contributed by atoms with Crippen molar-refractivity contribution in [3.63, 3.8) is 0 Å². The van der Waals surface area contributed by atoms with Gasteiger partial charge in [0, 0.05) is 12.4 Å². The maximum absolute atomic E-state index is 12.0.